The molecule has 0 aliphatic carbocycles. The minimum atomic E-state index is -0.0136. The largest absolute Gasteiger partial charge is 0.206 e. The van der Waals surface area contributed by atoms with Gasteiger partial charge in [-0.25, -0.2) is 4.39 Å². The quantitative estimate of drug-likeness (QED) is 0.661. The van der Waals surface area contributed by atoms with E-state index in [1.54, 1.807) is 5.38 Å². The summed E-state index contributed by atoms with van der Waals surface area (Å²) in [6.45, 7) is 4.27. The van der Waals surface area contributed by atoms with E-state index < -0.39 is 0 Å². The first-order chi connectivity index (χ1) is 5.79. The Hall–Kier alpha value is -0.370. The zero-order chi connectivity index (χ0) is 8.97. The number of rotatable bonds is 4. The molecule has 1 rings (SSSR count). The van der Waals surface area contributed by atoms with E-state index in [4.69, 9.17) is 0 Å². The summed E-state index contributed by atoms with van der Waals surface area (Å²) in [5.41, 5.74) is 0.921. The van der Waals surface area contributed by atoms with Gasteiger partial charge in [-0.05, 0) is 24.1 Å². The molecule has 0 aromatic carbocycles. The lowest BCUT2D eigenvalue weighted by atomic mass is 9.94. The summed E-state index contributed by atoms with van der Waals surface area (Å²) >= 11 is 1.46. The molecule has 0 amide bonds. The predicted octanol–water partition coefficient (Wildman–Crippen LogP) is 4.18. The standard InChI is InChI=1S/C10H15FS/c1-3-5-8(4-2)9-6-12-7-10(9)11/h6-8H,3-5H2,1-2H3. The Morgan fingerprint density at radius 2 is 2.17 bits per heavy atom. The minimum absolute atomic E-state index is 0.0136. The van der Waals surface area contributed by atoms with Crippen molar-refractivity contribution in [2.45, 2.75) is 39.0 Å². The Labute approximate surface area is 77.4 Å². The lowest BCUT2D eigenvalue weighted by molar-refractivity contribution is 0.544. The van der Waals surface area contributed by atoms with Gasteiger partial charge in [0.25, 0.3) is 0 Å². The molecule has 1 unspecified atom stereocenters. The second-order valence-electron chi connectivity index (χ2n) is 3.07. The highest BCUT2D eigenvalue weighted by Crippen LogP contribution is 2.28. The third-order valence-corrected chi connectivity index (χ3v) is 2.95. The van der Waals surface area contributed by atoms with Gasteiger partial charge in [0.05, 0.1) is 0 Å². The number of thiophene rings is 1. The molecular formula is C10H15FS. The average molecular weight is 186 g/mol. The number of hydrogen-bond donors (Lipinski definition) is 0. The fraction of sp³-hybridized carbons (Fsp3) is 0.600. The zero-order valence-electron chi connectivity index (χ0n) is 7.64. The first kappa shape index (κ1) is 9.72. The molecular weight excluding hydrogens is 171 g/mol. The van der Waals surface area contributed by atoms with E-state index in [-0.39, 0.29) is 5.82 Å². The van der Waals surface area contributed by atoms with Crippen LogP contribution in [0.1, 0.15) is 44.6 Å². The van der Waals surface area contributed by atoms with Gasteiger partial charge in [0.2, 0.25) is 0 Å². The minimum Gasteiger partial charge on any atom is -0.206 e. The predicted molar refractivity (Wildman–Crippen MR) is 52.2 cm³/mol. The van der Waals surface area contributed by atoms with Crippen LogP contribution >= 0.6 is 11.3 Å². The van der Waals surface area contributed by atoms with Crippen LogP contribution in [0.5, 0.6) is 0 Å². The SMILES string of the molecule is CCCC(CC)c1cscc1F. The van der Waals surface area contributed by atoms with Gasteiger partial charge >= 0.3 is 0 Å². The fourth-order valence-electron chi connectivity index (χ4n) is 1.51. The lowest BCUT2D eigenvalue weighted by Gasteiger charge is -2.11. The molecule has 0 aliphatic rings. The van der Waals surface area contributed by atoms with Crippen LogP contribution in [0.25, 0.3) is 0 Å². The van der Waals surface area contributed by atoms with E-state index in [9.17, 15) is 4.39 Å². The second-order valence-corrected chi connectivity index (χ2v) is 3.81. The van der Waals surface area contributed by atoms with Crippen LogP contribution in [0.3, 0.4) is 0 Å². The van der Waals surface area contributed by atoms with E-state index in [1.807, 2.05) is 5.38 Å². The highest BCUT2D eigenvalue weighted by molar-refractivity contribution is 7.08. The maximum absolute atomic E-state index is 13.1. The molecule has 0 spiro atoms. The highest BCUT2D eigenvalue weighted by Gasteiger charge is 2.13. The molecule has 0 fully saturated rings. The second kappa shape index (κ2) is 4.61. The fourth-order valence-corrected chi connectivity index (χ4v) is 2.29. The summed E-state index contributed by atoms with van der Waals surface area (Å²) in [6, 6.07) is 0. The van der Waals surface area contributed by atoms with Gasteiger partial charge in [-0.2, -0.15) is 0 Å². The summed E-state index contributed by atoms with van der Waals surface area (Å²) in [5, 5.41) is 3.53. The molecule has 1 aromatic heterocycles. The molecule has 0 aliphatic heterocycles. The van der Waals surface area contributed by atoms with Crippen molar-refractivity contribution in [3.8, 4) is 0 Å². The number of halogens is 1. The summed E-state index contributed by atoms with van der Waals surface area (Å²) < 4.78 is 13.1. The zero-order valence-corrected chi connectivity index (χ0v) is 8.46. The Bertz CT molecular complexity index is 229. The van der Waals surface area contributed by atoms with Gasteiger partial charge in [-0.15, -0.1) is 11.3 Å². The van der Waals surface area contributed by atoms with E-state index in [2.05, 4.69) is 13.8 Å². The maximum Gasteiger partial charge on any atom is 0.137 e. The van der Waals surface area contributed by atoms with Crippen molar-refractivity contribution in [1.29, 1.82) is 0 Å². The first-order valence-corrected chi connectivity index (χ1v) is 5.45. The van der Waals surface area contributed by atoms with Gasteiger partial charge in [-0.3, -0.25) is 0 Å². The molecule has 12 heavy (non-hydrogen) atoms. The molecule has 1 atom stereocenters. The van der Waals surface area contributed by atoms with Crippen LogP contribution in [0.15, 0.2) is 10.8 Å². The van der Waals surface area contributed by atoms with Gasteiger partial charge in [0.15, 0.2) is 0 Å². The van der Waals surface area contributed by atoms with E-state index >= 15 is 0 Å². The normalized spacial score (nSPS) is 13.2. The topological polar surface area (TPSA) is 0 Å². The van der Waals surface area contributed by atoms with Crippen LogP contribution in [-0.4, -0.2) is 0 Å². The third kappa shape index (κ3) is 2.07. The Morgan fingerprint density at radius 1 is 1.42 bits per heavy atom. The smallest absolute Gasteiger partial charge is 0.137 e. The molecule has 0 bridgehead atoms. The van der Waals surface area contributed by atoms with Crippen molar-refractivity contribution in [2.75, 3.05) is 0 Å². The van der Waals surface area contributed by atoms with Crippen LogP contribution in [0.2, 0.25) is 0 Å². The highest BCUT2D eigenvalue weighted by atomic mass is 32.1. The molecule has 68 valence electrons. The summed E-state index contributed by atoms with van der Waals surface area (Å²) in [5.74, 6) is 0.418. The molecule has 0 saturated carbocycles. The van der Waals surface area contributed by atoms with Crippen LogP contribution in [0, 0.1) is 5.82 Å². The monoisotopic (exact) mass is 186 g/mol. The molecule has 2 heteroatoms. The van der Waals surface area contributed by atoms with E-state index in [0.717, 1.165) is 24.8 Å². The van der Waals surface area contributed by atoms with Gasteiger partial charge in [0, 0.05) is 10.9 Å². The average Bonchev–Trinajstić information content (AvgIpc) is 2.47. The summed E-state index contributed by atoms with van der Waals surface area (Å²) in [4.78, 5) is 0. The van der Waals surface area contributed by atoms with Crippen LogP contribution in [0.4, 0.5) is 4.39 Å². The number of hydrogen-bond acceptors (Lipinski definition) is 1. The van der Waals surface area contributed by atoms with Crippen molar-refractivity contribution in [2.24, 2.45) is 0 Å². The van der Waals surface area contributed by atoms with Crippen molar-refractivity contribution in [1.82, 2.24) is 0 Å². The molecule has 1 aromatic rings. The van der Waals surface area contributed by atoms with Crippen LogP contribution in [-0.2, 0) is 0 Å². The molecule has 0 N–H and O–H groups in total. The van der Waals surface area contributed by atoms with Gasteiger partial charge in [0.1, 0.15) is 5.82 Å². The van der Waals surface area contributed by atoms with Crippen molar-refractivity contribution < 1.29 is 4.39 Å². The first-order valence-electron chi connectivity index (χ1n) is 4.51. The molecule has 0 nitrogen and oxygen atoms in total. The Morgan fingerprint density at radius 3 is 2.58 bits per heavy atom. The maximum atomic E-state index is 13.1. The molecule has 1 heterocycles. The summed E-state index contributed by atoms with van der Waals surface area (Å²) in [6.07, 6.45) is 3.28. The molecule has 0 radical (unpaired) electrons. The van der Waals surface area contributed by atoms with Gasteiger partial charge < -0.3 is 0 Å². The van der Waals surface area contributed by atoms with Crippen molar-refractivity contribution in [3.05, 3.63) is 22.1 Å². The van der Waals surface area contributed by atoms with Crippen molar-refractivity contribution in [3.63, 3.8) is 0 Å². The molecule has 0 saturated heterocycles. The summed E-state index contributed by atoms with van der Waals surface area (Å²) in [7, 11) is 0. The lowest BCUT2D eigenvalue weighted by Crippen LogP contribution is -1.96. The Kier molecular flexibility index (Phi) is 3.73. The van der Waals surface area contributed by atoms with Crippen LogP contribution < -0.4 is 0 Å². The van der Waals surface area contributed by atoms with Crippen molar-refractivity contribution >= 4 is 11.3 Å². The van der Waals surface area contributed by atoms with E-state index in [0.29, 0.717) is 5.92 Å². The van der Waals surface area contributed by atoms with Gasteiger partial charge in [-0.1, -0.05) is 20.3 Å². The third-order valence-electron chi connectivity index (χ3n) is 2.21. The Balaban J connectivity index is 2.72. The van der Waals surface area contributed by atoms with E-state index in [1.165, 1.54) is 11.3 Å².